The van der Waals surface area contributed by atoms with Gasteiger partial charge in [0.25, 0.3) is 0 Å². The summed E-state index contributed by atoms with van der Waals surface area (Å²) in [6.07, 6.45) is 3.82. The first-order valence-corrected chi connectivity index (χ1v) is 6.40. The van der Waals surface area contributed by atoms with Crippen LogP contribution in [0.2, 0.25) is 0 Å². The molecule has 1 heterocycles. The van der Waals surface area contributed by atoms with Gasteiger partial charge in [0.1, 0.15) is 0 Å². The minimum Gasteiger partial charge on any atom is -0.363 e. The van der Waals surface area contributed by atoms with E-state index in [0.717, 1.165) is 24.6 Å². The molecule has 1 aliphatic rings. The standard InChI is InChI=1S/C11H23N3S/c1-3-6-12-11(15)13-10(2)9-14-7-4-5-8-14/h10H,3-9H2,1-2H3,(H2,12,13,15). The van der Waals surface area contributed by atoms with E-state index in [1.807, 2.05) is 0 Å². The van der Waals surface area contributed by atoms with Crippen molar-refractivity contribution in [3.8, 4) is 0 Å². The fraction of sp³-hybridized carbons (Fsp3) is 0.909. The Labute approximate surface area is 98.6 Å². The van der Waals surface area contributed by atoms with Gasteiger partial charge in [-0.05, 0) is 51.5 Å². The van der Waals surface area contributed by atoms with Crippen molar-refractivity contribution >= 4 is 17.3 Å². The molecule has 15 heavy (non-hydrogen) atoms. The van der Waals surface area contributed by atoms with E-state index in [4.69, 9.17) is 12.2 Å². The normalized spacial score (nSPS) is 18.8. The van der Waals surface area contributed by atoms with Crippen LogP contribution < -0.4 is 10.6 Å². The fourth-order valence-corrected chi connectivity index (χ4v) is 2.21. The van der Waals surface area contributed by atoms with Crippen LogP contribution in [0.1, 0.15) is 33.1 Å². The molecule has 0 aromatic heterocycles. The lowest BCUT2D eigenvalue weighted by molar-refractivity contribution is 0.311. The highest BCUT2D eigenvalue weighted by Gasteiger charge is 2.14. The molecule has 1 rings (SSSR count). The highest BCUT2D eigenvalue weighted by molar-refractivity contribution is 7.80. The fourth-order valence-electron chi connectivity index (χ4n) is 1.91. The minimum atomic E-state index is 0.444. The zero-order valence-electron chi connectivity index (χ0n) is 9.88. The lowest BCUT2D eigenvalue weighted by Crippen LogP contribution is -2.45. The smallest absolute Gasteiger partial charge is 0.166 e. The summed E-state index contributed by atoms with van der Waals surface area (Å²) in [5.41, 5.74) is 0. The van der Waals surface area contributed by atoms with Gasteiger partial charge in [-0.2, -0.15) is 0 Å². The summed E-state index contributed by atoms with van der Waals surface area (Å²) in [7, 11) is 0. The van der Waals surface area contributed by atoms with Crippen LogP contribution in [0.15, 0.2) is 0 Å². The van der Waals surface area contributed by atoms with Crippen LogP contribution in [-0.2, 0) is 0 Å². The number of nitrogens with zero attached hydrogens (tertiary/aromatic N) is 1. The lowest BCUT2D eigenvalue weighted by Gasteiger charge is -2.22. The maximum atomic E-state index is 5.20. The third-order valence-electron chi connectivity index (χ3n) is 2.64. The van der Waals surface area contributed by atoms with E-state index in [1.54, 1.807) is 0 Å². The molecule has 88 valence electrons. The number of thiocarbonyl (C=S) groups is 1. The average Bonchev–Trinajstić information content (AvgIpc) is 2.67. The molecular weight excluding hydrogens is 206 g/mol. The Morgan fingerprint density at radius 2 is 2.07 bits per heavy atom. The molecule has 0 aromatic carbocycles. The number of likely N-dealkylation sites (tertiary alicyclic amines) is 1. The number of hydrogen-bond acceptors (Lipinski definition) is 2. The van der Waals surface area contributed by atoms with Gasteiger partial charge >= 0.3 is 0 Å². The molecule has 0 spiro atoms. The van der Waals surface area contributed by atoms with Crippen LogP contribution in [0.5, 0.6) is 0 Å². The Kier molecular flexibility index (Phi) is 5.95. The van der Waals surface area contributed by atoms with Crippen LogP contribution in [0.3, 0.4) is 0 Å². The zero-order chi connectivity index (χ0) is 11.1. The number of nitrogens with one attached hydrogen (secondary N) is 2. The van der Waals surface area contributed by atoms with Crippen LogP contribution in [-0.4, -0.2) is 42.2 Å². The first-order valence-electron chi connectivity index (χ1n) is 5.99. The van der Waals surface area contributed by atoms with Gasteiger partial charge in [-0.3, -0.25) is 0 Å². The number of hydrogen-bond donors (Lipinski definition) is 2. The van der Waals surface area contributed by atoms with Crippen molar-refractivity contribution in [2.45, 2.75) is 39.2 Å². The van der Waals surface area contributed by atoms with E-state index in [9.17, 15) is 0 Å². The van der Waals surface area contributed by atoms with Crippen LogP contribution in [0, 0.1) is 0 Å². The second-order valence-electron chi connectivity index (χ2n) is 4.31. The van der Waals surface area contributed by atoms with Crippen molar-refractivity contribution in [1.82, 2.24) is 15.5 Å². The maximum absolute atomic E-state index is 5.20. The SMILES string of the molecule is CCCNC(=S)NC(C)CN1CCCC1. The Balaban J connectivity index is 2.11. The quantitative estimate of drug-likeness (QED) is 0.696. The van der Waals surface area contributed by atoms with Crippen molar-refractivity contribution in [2.24, 2.45) is 0 Å². The predicted molar refractivity (Wildman–Crippen MR) is 69.2 cm³/mol. The molecule has 1 saturated heterocycles. The van der Waals surface area contributed by atoms with Crippen molar-refractivity contribution < 1.29 is 0 Å². The van der Waals surface area contributed by atoms with Gasteiger partial charge in [0.15, 0.2) is 5.11 Å². The summed E-state index contributed by atoms with van der Waals surface area (Å²) < 4.78 is 0. The van der Waals surface area contributed by atoms with E-state index in [-0.39, 0.29) is 0 Å². The molecule has 0 bridgehead atoms. The van der Waals surface area contributed by atoms with Gasteiger partial charge in [-0.25, -0.2) is 0 Å². The molecule has 1 aliphatic heterocycles. The molecule has 0 saturated carbocycles. The molecular formula is C11H23N3S. The summed E-state index contributed by atoms with van der Waals surface area (Å²) in [4.78, 5) is 2.50. The summed E-state index contributed by atoms with van der Waals surface area (Å²) in [6, 6.07) is 0.444. The Bertz CT molecular complexity index is 190. The van der Waals surface area contributed by atoms with Crippen LogP contribution >= 0.6 is 12.2 Å². The predicted octanol–water partition coefficient (Wildman–Crippen LogP) is 1.34. The topological polar surface area (TPSA) is 27.3 Å². The van der Waals surface area contributed by atoms with Gasteiger partial charge < -0.3 is 15.5 Å². The van der Waals surface area contributed by atoms with Gasteiger partial charge in [0, 0.05) is 19.1 Å². The molecule has 0 aromatic rings. The van der Waals surface area contributed by atoms with Gasteiger partial charge in [-0.1, -0.05) is 6.92 Å². The molecule has 2 N–H and O–H groups in total. The third kappa shape index (κ3) is 5.33. The van der Waals surface area contributed by atoms with Crippen molar-refractivity contribution in [3.05, 3.63) is 0 Å². The van der Waals surface area contributed by atoms with Crippen molar-refractivity contribution in [1.29, 1.82) is 0 Å². The Morgan fingerprint density at radius 1 is 1.40 bits per heavy atom. The van der Waals surface area contributed by atoms with E-state index in [0.29, 0.717) is 6.04 Å². The van der Waals surface area contributed by atoms with E-state index < -0.39 is 0 Å². The largest absolute Gasteiger partial charge is 0.363 e. The lowest BCUT2D eigenvalue weighted by atomic mass is 10.3. The molecule has 0 amide bonds. The molecule has 3 nitrogen and oxygen atoms in total. The number of rotatable bonds is 5. The average molecular weight is 229 g/mol. The van der Waals surface area contributed by atoms with Gasteiger partial charge in [0.05, 0.1) is 0 Å². The summed E-state index contributed by atoms with van der Waals surface area (Å²) in [5, 5.41) is 7.31. The summed E-state index contributed by atoms with van der Waals surface area (Å²) in [6.45, 7) is 8.90. The van der Waals surface area contributed by atoms with E-state index in [2.05, 4.69) is 29.4 Å². The highest BCUT2D eigenvalue weighted by Crippen LogP contribution is 2.07. The molecule has 0 radical (unpaired) electrons. The van der Waals surface area contributed by atoms with Crippen molar-refractivity contribution in [3.63, 3.8) is 0 Å². The first kappa shape index (κ1) is 12.7. The molecule has 1 unspecified atom stereocenters. The third-order valence-corrected chi connectivity index (χ3v) is 2.91. The van der Waals surface area contributed by atoms with Crippen LogP contribution in [0.4, 0.5) is 0 Å². The maximum Gasteiger partial charge on any atom is 0.166 e. The highest BCUT2D eigenvalue weighted by atomic mass is 32.1. The molecule has 4 heteroatoms. The summed E-state index contributed by atoms with van der Waals surface area (Å²) >= 11 is 5.20. The Hall–Kier alpha value is -0.350. The van der Waals surface area contributed by atoms with Gasteiger partial charge in [0.2, 0.25) is 0 Å². The van der Waals surface area contributed by atoms with E-state index >= 15 is 0 Å². The van der Waals surface area contributed by atoms with E-state index in [1.165, 1.54) is 25.9 Å². The van der Waals surface area contributed by atoms with Crippen molar-refractivity contribution in [2.75, 3.05) is 26.2 Å². The minimum absolute atomic E-state index is 0.444. The van der Waals surface area contributed by atoms with Crippen LogP contribution in [0.25, 0.3) is 0 Å². The molecule has 1 fully saturated rings. The monoisotopic (exact) mass is 229 g/mol. The Morgan fingerprint density at radius 3 is 2.67 bits per heavy atom. The second-order valence-corrected chi connectivity index (χ2v) is 4.72. The molecule has 1 atom stereocenters. The van der Waals surface area contributed by atoms with Gasteiger partial charge in [-0.15, -0.1) is 0 Å². The summed E-state index contributed by atoms with van der Waals surface area (Å²) in [5.74, 6) is 0. The second kappa shape index (κ2) is 7.01. The first-order chi connectivity index (χ1) is 7.22. The zero-order valence-corrected chi connectivity index (χ0v) is 10.7. The molecule has 0 aliphatic carbocycles.